The van der Waals surface area contributed by atoms with E-state index in [0.717, 1.165) is 11.1 Å². The highest BCUT2D eigenvalue weighted by atomic mass is 16.6. The molecule has 1 aliphatic heterocycles. The van der Waals surface area contributed by atoms with Gasteiger partial charge in [0.1, 0.15) is 30.3 Å². The first-order valence-electron chi connectivity index (χ1n) is 9.88. The third-order valence-electron chi connectivity index (χ3n) is 5.27. The van der Waals surface area contributed by atoms with E-state index in [1.54, 1.807) is 25.1 Å². The molecule has 1 aliphatic rings. The van der Waals surface area contributed by atoms with E-state index in [1.165, 1.54) is 6.92 Å². The van der Waals surface area contributed by atoms with Crippen LogP contribution in [0.4, 0.5) is 0 Å². The predicted molar refractivity (Wildman–Crippen MR) is 113 cm³/mol. The Bertz CT molecular complexity index is 1330. The molecule has 4 aromatic rings. The highest BCUT2D eigenvalue weighted by Crippen LogP contribution is 2.35. The zero-order valence-electron chi connectivity index (χ0n) is 17.0. The molecule has 158 valence electrons. The Balaban J connectivity index is 1.35. The summed E-state index contributed by atoms with van der Waals surface area (Å²) < 4.78 is 28.7. The quantitative estimate of drug-likeness (QED) is 0.516. The molecule has 5 rings (SSSR count). The van der Waals surface area contributed by atoms with E-state index in [4.69, 9.17) is 23.0 Å². The minimum absolute atomic E-state index is 0.0907. The molecule has 7 nitrogen and oxygen atoms in total. The summed E-state index contributed by atoms with van der Waals surface area (Å²) in [5, 5.41) is 10.9. The first-order chi connectivity index (χ1) is 15.0. The largest absolute Gasteiger partial charge is 0.507 e. The van der Waals surface area contributed by atoms with Crippen molar-refractivity contribution < 1.29 is 28.2 Å². The second-order valence-corrected chi connectivity index (χ2v) is 7.44. The van der Waals surface area contributed by atoms with Gasteiger partial charge in [-0.05, 0) is 50.2 Å². The smallest absolute Gasteiger partial charge is 0.343 e. The summed E-state index contributed by atoms with van der Waals surface area (Å²) in [6.45, 7) is 3.92. The molecule has 3 heterocycles. The predicted octanol–water partition coefficient (Wildman–Crippen LogP) is 4.59. The van der Waals surface area contributed by atoms with Crippen molar-refractivity contribution in [3.8, 4) is 34.5 Å². The van der Waals surface area contributed by atoms with Gasteiger partial charge in [0.2, 0.25) is 0 Å². The number of benzene rings is 2. The summed E-state index contributed by atoms with van der Waals surface area (Å²) in [6, 6.07) is 14.7. The van der Waals surface area contributed by atoms with Crippen molar-refractivity contribution in [3.63, 3.8) is 0 Å². The number of hydrogen-bond acceptors (Lipinski definition) is 7. The molecule has 0 bridgehead atoms. The number of aromatic hydroxyl groups is 1. The van der Waals surface area contributed by atoms with Gasteiger partial charge in [-0.3, -0.25) is 0 Å². The number of para-hydroxylation sites is 2. The van der Waals surface area contributed by atoms with E-state index in [2.05, 4.69) is 0 Å². The van der Waals surface area contributed by atoms with E-state index >= 15 is 0 Å². The maximum absolute atomic E-state index is 12.0. The number of fused-ring (bicyclic) bond motifs is 2. The Morgan fingerprint density at radius 2 is 1.84 bits per heavy atom. The Morgan fingerprint density at radius 3 is 2.68 bits per heavy atom. The van der Waals surface area contributed by atoms with E-state index in [0.29, 0.717) is 41.6 Å². The molecule has 1 unspecified atom stereocenters. The first-order valence-corrected chi connectivity index (χ1v) is 9.88. The summed E-state index contributed by atoms with van der Waals surface area (Å²) >= 11 is 0. The summed E-state index contributed by atoms with van der Waals surface area (Å²) in [7, 11) is 0. The van der Waals surface area contributed by atoms with Crippen LogP contribution >= 0.6 is 0 Å². The van der Waals surface area contributed by atoms with Crippen LogP contribution in [-0.2, 0) is 0 Å². The fourth-order valence-electron chi connectivity index (χ4n) is 3.52. The van der Waals surface area contributed by atoms with Crippen LogP contribution in [0.3, 0.4) is 0 Å². The Morgan fingerprint density at radius 1 is 1.03 bits per heavy atom. The molecule has 0 aliphatic carbocycles. The summed E-state index contributed by atoms with van der Waals surface area (Å²) in [6.07, 6.45) is -0.224. The van der Waals surface area contributed by atoms with E-state index in [-0.39, 0.29) is 23.2 Å². The number of furan rings is 1. The topological polar surface area (TPSA) is 91.3 Å². The third kappa shape index (κ3) is 3.48. The molecule has 0 spiro atoms. The first kappa shape index (κ1) is 19.1. The lowest BCUT2D eigenvalue weighted by Gasteiger charge is -2.26. The molecule has 7 heteroatoms. The van der Waals surface area contributed by atoms with Gasteiger partial charge in [0, 0.05) is 10.9 Å². The van der Waals surface area contributed by atoms with Crippen molar-refractivity contribution in [2.75, 3.05) is 13.2 Å². The molecular weight excluding hydrogens is 400 g/mol. The zero-order valence-corrected chi connectivity index (χ0v) is 17.0. The second-order valence-electron chi connectivity index (χ2n) is 7.44. The van der Waals surface area contributed by atoms with E-state index in [9.17, 15) is 9.90 Å². The Kier molecular flexibility index (Phi) is 4.58. The molecule has 0 fully saturated rings. The van der Waals surface area contributed by atoms with Crippen LogP contribution < -0.4 is 19.8 Å². The lowest BCUT2D eigenvalue weighted by atomic mass is 10.1. The zero-order chi connectivity index (χ0) is 21.5. The van der Waals surface area contributed by atoms with Gasteiger partial charge in [-0.1, -0.05) is 12.1 Å². The van der Waals surface area contributed by atoms with E-state index in [1.807, 2.05) is 30.3 Å². The van der Waals surface area contributed by atoms with Gasteiger partial charge < -0.3 is 28.2 Å². The molecule has 1 atom stereocenters. The van der Waals surface area contributed by atoms with Gasteiger partial charge >= 0.3 is 5.63 Å². The van der Waals surface area contributed by atoms with Gasteiger partial charge in [-0.25, -0.2) is 4.79 Å². The minimum atomic E-state index is -0.598. The van der Waals surface area contributed by atoms with Gasteiger partial charge in [-0.2, -0.15) is 0 Å². The van der Waals surface area contributed by atoms with Crippen molar-refractivity contribution in [1.29, 1.82) is 0 Å². The van der Waals surface area contributed by atoms with Gasteiger partial charge in [-0.15, -0.1) is 0 Å². The van der Waals surface area contributed by atoms with Gasteiger partial charge in [0.25, 0.3) is 0 Å². The molecule has 2 aromatic heterocycles. The van der Waals surface area contributed by atoms with Crippen molar-refractivity contribution >= 4 is 11.0 Å². The Labute approximate surface area is 177 Å². The van der Waals surface area contributed by atoms with Gasteiger partial charge in [0.15, 0.2) is 29.1 Å². The highest BCUT2D eigenvalue weighted by Gasteiger charge is 2.22. The number of ether oxygens (including phenoxy) is 3. The van der Waals surface area contributed by atoms with Crippen molar-refractivity contribution in [1.82, 2.24) is 0 Å². The molecule has 1 N–H and O–H groups in total. The van der Waals surface area contributed by atoms with Crippen molar-refractivity contribution in [2.45, 2.75) is 20.0 Å². The van der Waals surface area contributed by atoms with Crippen LogP contribution in [0.15, 0.2) is 62.2 Å². The SMILES string of the molecule is Cc1c(-c2cc3cc(OCC4COc5ccccc5O4)ccc3o2)oc(=O)c(C)c1O. The average molecular weight is 420 g/mol. The van der Waals surface area contributed by atoms with E-state index < -0.39 is 5.63 Å². The maximum atomic E-state index is 12.0. The van der Waals surface area contributed by atoms with Crippen LogP contribution in [0.2, 0.25) is 0 Å². The number of rotatable bonds is 4. The molecule has 31 heavy (non-hydrogen) atoms. The minimum Gasteiger partial charge on any atom is -0.507 e. The lowest BCUT2D eigenvalue weighted by molar-refractivity contribution is 0.0536. The van der Waals surface area contributed by atoms with Crippen LogP contribution in [0, 0.1) is 13.8 Å². The Hall–Kier alpha value is -3.87. The van der Waals surface area contributed by atoms with Crippen molar-refractivity contribution in [2.24, 2.45) is 0 Å². The molecule has 2 aromatic carbocycles. The second kappa shape index (κ2) is 7.43. The molecule has 0 saturated carbocycles. The fourth-order valence-corrected chi connectivity index (χ4v) is 3.52. The van der Waals surface area contributed by atoms with Crippen LogP contribution in [0.5, 0.6) is 23.0 Å². The molecule has 0 amide bonds. The van der Waals surface area contributed by atoms with Crippen LogP contribution in [0.1, 0.15) is 11.1 Å². The monoisotopic (exact) mass is 420 g/mol. The summed E-state index contributed by atoms with van der Waals surface area (Å²) in [5.74, 6) is 2.56. The molecule has 0 radical (unpaired) electrons. The maximum Gasteiger partial charge on any atom is 0.343 e. The average Bonchev–Trinajstić information content (AvgIpc) is 3.21. The summed E-state index contributed by atoms with van der Waals surface area (Å²) in [5.41, 5.74) is 0.626. The van der Waals surface area contributed by atoms with Crippen LogP contribution in [0.25, 0.3) is 22.5 Å². The van der Waals surface area contributed by atoms with Gasteiger partial charge in [0.05, 0.1) is 5.56 Å². The summed E-state index contributed by atoms with van der Waals surface area (Å²) in [4.78, 5) is 12.0. The molecular formula is C24H20O7. The van der Waals surface area contributed by atoms with Crippen molar-refractivity contribution in [3.05, 3.63) is 70.1 Å². The normalized spacial score (nSPS) is 15.2. The third-order valence-corrected chi connectivity index (χ3v) is 5.27. The van der Waals surface area contributed by atoms with Crippen LogP contribution in [-0.4, -0.2) is 24.4 Å². The standard InChI is InChI=1S/C24H20O7/c1-13-22(25)14(2)24(26)31-23(13)21-10-15-9-16(7-8-18(15)30-21)27-11-17-12-28-19-5-3-4-6-20(19)29-17/h3-10,17,25H,11-12H2,1-2H3. The number of hydrogen-bond donors (Lipinski definition) is 1. The fraction of sp³-hybridized carbons (Fsp3) is 0.208. The molecule has 0 saturated heterocycles. The lowest BCUT2D eigenvalue weighted by Crippen LogP contribution is -2.34. The highest BCUT2D eigenvalue weighted by molar-refractivity contribution is 5.84.